The molecule has 3 aromatic carbocycles. The van der Waals surface area contributed by atoms with E-state index in [1.54, 1.807) is 6.92 Å². The van der Waals surface area contributed by atoms with Crippen LogP contribution in [0.5, 0.6) is 5.75 Å². The normalized spacial score (nSPS) is 15.6. The van der Waals surface area contributed by atoms with Gasteiger partial charge in [0.15, 0.2) is 5.11 Å². The molecule has 0 spiro atoms. The van der Waals surface area contributed by atoms with Gasteiger partial charge in [-0.2, -0.15) is 0 Å². The Morgan fingerprint density at radius 3 is 2.47 bits per heavy atom. The monoisotopic (exact) mass is 447 g/mol. The predicted octanol–water partition coefficient (Wildman–Crippen LogP) is 4.84. The van der Waals surface area contributed by atoms with E-state index in [1.807, 2.05) is 54.6 Å². The Labute approximate surface area is 191 Å². The second-order valence-electron chi connectivity index (χ2n) is 7.34. The zero-order valence-electron chi connectivity index (χ0n) is 17.4. The molecule has 162 valence electrons. The van der Waals surface area contributed by atoms with Gasteiger partial charge >= 0.3 is 0 Å². The molecule has 0 radical (unpaired) electrons. The summed E-state index contributed by atoms with van der Waals surface area (Å²) in [5, 5.41) is 9.46. The number of rotatable bonds is 6. The van der Waals surface area contributed by atoms with Crippen molar-refractivity contribution in [3.8, 4) is 5.75 Å². The van der Waals surface area contributed by atoms with Crippen LogP contribution in [0.25, 0.3) is 0 Å². The van der Waals surface area contributed by atoms with Crippen LogP contribution >= 0.6 is 12.2 Å². The molecule has 1 atom stereocenters. The molecule has 1 amide bonds. The quantitative estimate of drug-likeness (QED) is 0.472. The largest absolute Gasteiger partial charge is 0.489 e. The molecule has 32 heavy (non-hydrogen) atoms. The van der Waals surface area contributed by atoms with Gasteiger partial charge in [-0.3, -0.25) is 4.79 Å². The third-order valence-corrected chi connectivity index (χ3v) is 5.30. The van der Waals surface area contributed by atoms with E-state index in [1.165, 1.54) is 24.3 Å². The molecule has 0 aliphatic carbocycles. The molecule has 0 unspecified atom stereocenters. The Morgan fingerprint density at radius 2 is 1.72 bits per heavy atom. The molecule has 0 saturated heterocycles. The minimum atomic E-state index is -0.517. The fourth-order valence-corrected chi connectivity index (χ4v) is 3.82. The first kappa shape index (κ1) is 21.5. The molecule has 1 aliphatic rings. The first-order valence-electron chi connectivity index (χ1n) is 10.1. The standard InChI is InChI=1S/C25H22FN3O2S/c1-16-22(24(30)28-19-13-11-18(26)12-14-19)23(29-25(32)27-16)20-9-5-6-10-21(20)31-15-17-7-3-2-4-8-17/h2-14,23H,15H2,1H3,(H,28,30)(H2,27,29,32)/t23-/m1/s1. The lowest BCUT2D eigenvalue weighted by Crippen LogP contribution is -2.45. The van der Waals surface area contributed by atoms with Gasteiger partial charge in [-0.05, 0) is 55.0 Å². The van der Waals surface area contributed by atoms with Crippen molar-refractivity contribution >= 4 is 28.9 Å². The van der Waals surface area contributed by atoms with Crippen molar-refractivity contribution in [2.75, 3.05) is 5.32 Å². The average molecular weight is 448 g/mol. The zero-order valence-corrected chi connectivity index (χ0v) is 18.2. The second-order valence-corrected chi connectivity index (χ2v) is 7.75. The van der Waals surface area contributed by atoms with Gasteiger partial charge in [0.1, 0.15) is 18.2 Å². The highest BCUT2D eigenvalue weighted by Gasteiger charge is 2.31. The highest BCUT2D eigenvalue weighted by molar-refractivity contribution is 7.80. The SMILES string of the molecule is CC1=C(C(=O)Nc2ccc(F)cc2)[C@@H](c2ccccc2OCc2ccccc2)NC(=S)N1. The summed E-state index contributed by atoms with van der Waals surface area (Å²) < 4.78 is 19.3. The lowest BCUT2D eigenvalue weighted by Gasteiger charge is -2.31. The van der Waals surface area contributed by atoms with Crippen molar-refractivity contribution in [3.05, 3.63) is 107 Å². The van der Waals surface area contributed by atoms with Gasteiger partial charge in [0, 0.05) is 16.9 Å². The Kier molecular flexibility index (Phi) is 6.47. The Bertz CT molecular complexity index is 1160. The summed E-state index contributed by atoms with van der Waals surface area (Å²) in [7, 11) is 0. The number of allylic oxidation sites excluding steroid dienone is 1. The Morgan fingerprint density at radius 1 is 1.03 bits per heavy atom. The third-order valence-electron chi connectivity index (χ3n) is 5.08. The molecule has 1 aliphatic heterocycles. The van der Waals surface area contributed by atoms with Gasteiger partial charge < -0.3 is 20.7 Å². The number of carbonyl (C=O) groups excluding carboxylic acids is 1. The van der Waals surface area contributed by atoms with Crippen molar-refractivity contribution in [1.82, 2.24) is 10.6 Å². The van der Waals surface area contributed by atoms with Crippen LogP contribution in [0, 0.1) is 5.82 Å². The van der Waals surface area contributed by atoms with Crippen LogP contribution < -0.4 is 20.7 Å². The maximum absolute atomic E-state index is 13.2. The molecule has 4 rings (SSSR count). The molecular formula is C25H22FN3O2S. The van der Waals surface area contributed by atoms with Crippen LogP contribution in [-0.4, -0.2) is 11.0 Å². The van der Waals surface area contributed by atoms with E-state index < -0.39 is 6.04 Å². The number of nitrogens with one attached hydrogen (secondary N) is 3. The lowest BCUT2D eigenvalue weighted by molar-refractivity contribution is -0.113. The number of ether oxygens (including phenoxy) is 1. The molecule has 3 N–H and O–H groups in total. The summed E-state index contributed by atoms with van der Waals surface area (Å²) in [5.41, 5.74) is 3.43. The minimum Gasteiger partial charge on any atom is -0.489 e. The van der Waals surface area contributed by atoms with Crippen molar-refractivity contribution in [2.24, 2.45) is 0 Å². The molecule has 0 saturated carbocycles. The van der Waals surface area contributed by atoms with Gasteiger partial charge in [-0.25, -0.2) is 4.39 Å². The number of hydrogen-bond donors (Lipinski definition) is 3. The van der Waals surface area contributed by atoms with Crippen LogP contribution in [0.15, 0.2) is 90.1 Å². The molecule has 5 nitrogen and oxygen atoms in total. The zero-order chi connectivity index (χ0) is 22.5. The summed E-state index contributed by atoms with van der Waals surface area (Å²) in [6, 6.07) is 22.5. The second kappa shape index (κ2) is 9.62. The van der Waals surface area contributed by atoms with Crippen molar-refractivity contribution in [3.63, 3.8) is 0 Å². The molecule has 0 bridgehead atoms. The van der Waals surface area contributed by atoms with Gasteiger partial charge in [0.25, 0.3) is 5.91 Å². The number of para-hydroxylation sites is 1. The van der Waals surface area contributed by atoms with Crippen molar-refractivity contribution < 1.29 is 13.9 Å². The predicted molar refractivity (Wildman–Crippen MR) is 127 cm³/mol. The van der Waals surface area contributed by atoms with Crippen LogP contribution in [0.3, 0.4) is 0 Å². The molecule has 3 aromatic rings. The maximum atomic E-state index is 13.2. The number of anilines is 1. The molecule has 1 heterocycles. The number of carbonyl (C=O) groups is 1. The fourth-order valence-electron chi connectivity index (χ4n) is 3.55. The number of amides is 1. The van der Waals surface area contributed by atoms with Gasteiger partial charge in [-0.15, -0.1) is 0 Å². The van der Waals surface area contributed by atoms with Crippen LogP contribution in [0.2, 0.25) is 0 Å². The van der Waals surface area contributed by atoms with E-state index in [4.69, 9.17) is 17.0 Å². The number of thiocarbonyl (C=S) groups is 1. The van der Waals surface area contributed by atoms with Crippen molar-refractivity contribution in [2.45, 2.75) is 19.6 Å². The highest BCUT2D eigenvalue weighted by atomic mass is 32.1. The van der Waals surface area contributed by atoms with Crippen molar-refractivity contribution in [1.29, 1.82) is 0 Å². The van der Waals surface area contributed by atoms with E-state index in [0.29, 0.717) is 34.4 Å². The summed E-state index contributed by atoms with van der Waals surface area (Å²) in [6.07, 6.45) is 0. The Hall–Kier alpha value is -3.71. The summed E-state index contributed by atoms with van der Waals surface area (Å²) in [5.74, 6) is -0.0370. The first-order valence-corrected chi connectivity index (χ1v) is 10.5. The molecule has 0 fully saturated rings. The van der Waals surface area contributed by atoms with Gasteiger partial charge in [-0.1, -0.05) is 48.5 Å². The van der Waals surface area contributed by atoms with Crippen LogP contribution in [-0.2, 0) is 11.4 Å². The Balaban J connectivity index is 1.63. The summed E-state index contributed by atoms with van der Waals surface area (Å²) >= 11 is 5.36. The smallest absolute Gasteiger partial charge is 0.255 e. The first-order chi connectivity index (χ1) is 15.5. The molecule has 0 aromatic heterocycles. The van der Waals surface area contributed by atoms with E-state index in [2.05, 4.69) is 16.0 Å². The summed E-state index contributed by atoms with van der Waals surface area (Å²) in [4.78, 5) is 13.2. The summed E-state index contributed by atoms with van der Waals surface area (Å²) in [6.45, 7) is 2.19. The van der Waals surface area contributed by atoms with E-state index in [9.17, 15) is 9.18 Å². The topological polar surface area (TPSA) is 62.4 Å². The average Bonchev–Trinajstić information content (AvgIpc) is 2.79. The van der Waals surface area contributed by atoms with Gasteiger partial charge in [0.05, 0.1) is 11.6 Å². The fraction of sp³-hybridized carbons (Fsp3) is 0.120. The van der Waals surface area contributed by atoms with E-state index in [-0.39, 0.29) is 11.7 Å². The van der Waals surface area contributed by atoms with Crippen LogP contribution in [0.1, 0.15) is 24.1 Å². The number of benzene rings is 3. The highest BCUT2D eigenvalue weighted by Crippen LogP contribution is 2.34. The number of halogens is 1. The minimum absolute atomic E-state index is 0.320. The van der Waals surface area contributed by atoms with Crippen LogP contribution in [0.4, 0.5) is 10.1 Å². The third kappa shape index (κ3) is 4.95. The van der Waals surface area contributed by atoms with E-state index in [0.717, 1.165) is 11.1 Å². The van der Waals surface area contributed by atoms with E-state index >= 15 is 0 Å². The maximum Gasteiger partial charge on any atom is 0.255 e. The molecule has 7 heteroatoms. The lowest BCUT2D eigenvalue weighted by atomic mass is 9.94. The van der Waals surface area contributed by atoms with Gasteiger partial charge in [0.2, 0.25) is 0 Å². The number of hydrogen-bond acceptors (Lipinski definition) is 3. The molecular weight excluding hydrogens is 425 g/mol.